The van der Waals surface area contributed by atoms with Crippen molar-refractivity contribution in [2.75, 3.05) is 11.1 Å². The van der Waals surface area contributed by atoms with Crippen LogP contribution in [0.2, 0.25) is 0 Å². The van der Waals surface area contributed by atoms with Gasteiger partial charge in [-0.3, -0.25) is 0 Å². The predicted octanol–water partition coefficient (Wildman–Crippen LogP) is 11.2. The normalized spacial score (nSPS) is 17.7. The molecular formula is C48H43N3O6S. The smallest absolute Gasteiger partial charge is 0.319 e. The molecular weight excluding hydrogens is 747 g/mol. The number of carbonyl (C=O) groups excluding carboxylic acids is 1. The first kappa shape index (κ1) is 38.7. The number of aliphatic hydroxyl groups excluding tert-OH is 1. The Kier molecular flexibility index (Phi) is 12.3. The van der Waals surface area contributed by atoms with E-state index in [1.807, 2.05) is 152 Å². The number of para-hydroxylation sites is 1. The van der Waals surface area contributed by atoms with Crippen LogP contribution in [-0.4, -0.2) is 28.0 Å². The quantitative estimate of drug-likeness (QED) is 0.0989. The van der Waals surface area contributed by atoms with Gasteiger partial charge in [-0.1, -0.05) is 146 Å². The van der Waals surface area contributed by atoms with Gasteiger partial charge in [-0.05, 0) is 53.1 Å². The lowest BCUT2D eigenvalue weighted by molar-refractivity contribution is -0.268. The van der Waals surface area contributed by atoms with Crippen molar-refractivity contribution in [3.8, 4) is 34.1 Å². The summed E-state index contributed by atoms with van der Waals surface area (Å²) in [5.74, 6) is 2.71. The predicted molar refractivity (Wildman–Crippen MR) is 226 cm³/mol. The molecule has 0 bridgehead atoms. The number of amides is 2. The van der Waals surface area contributed by atoms with Gasteiger partial charge in [0.25, 0.3) is 5.22 Å². The van der Waals surface area contributed by atoms with E-state index in [9.17, 15) is 9.90 Å². The van der Waals surface area contributed by atoms with Crippen molar-refractivity contribution in [1.82, 2.24) is 10.3 Å². The van der Waals surface area contributed by atoms with Crippen molar-refractivity contribution in [2.45, 2.75) is 43.8 Å². The van der Waals surface area contributed by atoms with Crippen LogP contribution >= 0.6 is 11.8 Å². The molecule has 0 aliphatic carbocycles. The summed E-state index contributed by atoms with van der Waals surface area (Å²) < 4.78 is 25.7. The highest BCUT2D eigenvalue weighted by Crippen LogP contribution is 2.44. The van der Waals surface area contributed by atoms with Gasteiger partial charge in [0.2, 0.25) is 0 Å². The molecule has 0 radical (unpaired) electrons. The highest BCUT2D eigenvalue weighted by Gasteiger charge is 2.38. The average Bonchev–Trinajstić information content (AvgIpc) is 3.72. The van der Waals surface area contributed by atoms with Gasteiger partial charge in [-0.2, -0.15) is 0 Å². The highest BCUT2D eigenvalue weighted by molar-refractivity contribution is 7.99. The van der Waals surface area contributed by atoms with E-state index in [2.05, 4.69) is 17.6 Å². The lowest BCUT2D eigenvalue weighted by atomic mass is 9.91. The number of thioether (sulfide) groups is 1. The van der Waals surface area contributed by atoms with Gasteiger partial charge < -0.3 is 34.4 Å². The molecule has 58 heavy (non-hydrogen) atoms. The third-order valence-corrected chi connectivity index (χ3v) is 10.9. The second-order valence-corrected chi connectivity index (χ2v) is 15.0. The van der Waals surface area contributed by atoms with Crippen LogP contribution in [-0.2, 0) is 22.6 Å². The second-order valence-electron chi connectivity index (χ2n) is 14.0. The molecule has 2 heterocycles. The first-order chi connectivity index (χ1) is 28.5. The molecule has 0 spiro atoms. The summed E-state index contributed by atoms with van der Waals surface area (Å²) in [6, 6.07) is 52.3. The minimum atomic E-state index is -0.646. The second kappa shape index (κ2) is 18.4. The van der Waals surface area contributed by atoms with Crippen molar-refractivity contribution in [1.29, 1.82) is 0 Å². The van der Waals surface area contributed by atoms with E-state index in [0.29, 0.717) is 29.0 Å². The standard InChI is InChI=1S/C48H43N3O6S/c1-32-42(31-58-48-51-43(35-11-5-2-6-12-35)45(57-48)36-13-7-3-8-14-36)55-46(56-44(32)37-21-19-34(30-52)20-22-37)38-23-17-33(18-24-38)29-49-47(53)50-39-25-27-41(28-26-39)54-40-15-9-4-10-16-40/h2-28,32,42,44,46,52H,29-31H2,1H3,(H2,49,50,53)/t32-,42+,44+,46+/m1/s1. The first-order valence-electron chi connectivity index (χ1n) is 19.2. The lowest BCUT2D eigenvalue weighted by Crippen LogP contribution is -2.38. The van der Waals surface area contributed by atoms with Gasteiger partial charge in [0.15, 0.2) is 12.1 Å². The number of hydrogen-bond donors (Lipinski definition) is 3. The van der Waals surface area contributed by atoms with Crippen LogP contribution in [0.5, 0.6) is 11.5 Å². The number of hydrogen-bond acceptors (Lipinski definition) is 8. The van der Waals surface area contributed by atoms with Crippen molar-refractivity contribution in [2.24, 2.45) is 5.92 Å². The van der Waals surface area contributed by atoms with E-state index >= 15 is 0 Å². The van der Waals surface area contributed by atoms with Crippen LogP contribution in [0.15, 0.2) is 173 Å². The number of aliphatic hydroxyl groups is 1. The Bertz CT molecular complexity index is 2320. The van der Waals surface area contributed by atoms with Gasteiger partial charge >= 0.3 is 6.03 Å². The number of ether oxygens (including phenoxy) is 3. The summed E-state index contributed by atoms with van der Waals surface area (Å²) in [7, 11) is 0. The number of aromatic nitrogens is 1. The Morgan fingerprint density at radius 1 is 0.707 bits per heavy atom. The molecule has 1 aromatic heterocycles. The van der Waals surface area contributed by atoms with E-state index in [1.165, 1.54) is 11.8 Å². The fourth-order valence-corrected chi connectivity index (χ4v) is 7.77. The zero-order valence-electron chi connectivity index (χ0n) is 31.9. The zero-order chi connectivity index (χ0) is 39.7. The molecule has 1 aliphatic heterocycles. The number of urea groups is 1. The van der Waals surface area contributed by atoms with Crippen LogP contribution in [0.3, 0.4) is 0 Å². The average molecular weight is 790 g/mol. The van der Waals surface area contributed by atoms with Crippen LogP contribution < -0.4 is 15.4 Å². The summed E-state index contributed by atoms with van der Waals surface area (Å²) in [4.78, 5) is 17.7. The summed E-state index contributed by atoms with van der Waals surface area (Å²) in [6.07, 6.45) is -1.14. The number of benzene rings is 6. The number of nitrogens with zero attached hydrogens (tertiary/aromatic N) is 1. The maximum Gasteiger partial charge on any atom is 0.319 e. The van der Waals surface area contributed by atoms with Gasteiger partial charge in [0.1, 0.15) is 17.2 Å². The maximum absolute atomic E-state index is 12.8. The van der Waals surface area contributed by atoms with Crippen LogP contribution in [0.25, 0.3) is 22.6 Å². The molecule has 3 N–H and O–H groups in total. The van der Waals surface area contributed by atoms with Crippen molar-refractivity contribution >= 4 is 23.5 Å². The molecule has 8 rings (SSSR count). The Morgan fingerprint density at radius 2 is 1.31 bits per heavy atom. The minimum Gasteiger partial charge on any atom is -0.457 e. The third-order valence-electron chi connectivity index (χ3n) is 9.98. The fourth-order valence-electron chi connectivity index (χ4n) is 6.78. The van der Waals surface area contributed by atoms with Gasteiger partial charge in [0.05, 0.1) is 18.8 Å². The summed E-state index contributed by atoms with van der Waals surface area (Å²) in [5.41, 5.74) is 7.02. The summed E-state index contributed by atoms with van der Waals surface area (Å²) in [6.45, 7) is 2.44. The largest absolute Gasteiger partial charge is 0.457 e. The lowest BCUT2D eigenvalue weighted by Gasteiger charge is -2.41. The molecule has 0 unspecified atom stereocenters. The molecule has 6 aromatic carbocycles. The Labute approximate surface area is 342 Å². The summed E-state index contributed by atoms with van der Waals surface area (Å²) >= 11 is 1.52. The number of oxazole rings is 1. The Balaban J connectivity index is 0.938. The summed E-state index contributed by atoms with van der Waals surface area (Å²) in [5, 5.41) is 16.0. The molecule has 7 aromatic rings. The van der Waals surface area contributed by atoms with Gasteiger partial charge in [0, 0.05) is 40.6 Å². The Morgan fingerprint density at radius 3 is 1.98 bits per heavy atom. The minimum absolute atomic E-state index is 0.0181. The SMILES string of the molecule is C[C@@H]1[C@H](CSc2nc(-c3ccccc3)c(-c3ccccc3)o2)O[C@H](c2ccc(CNC(=O)Nc3ccc(Oc4ccccc4)cc3)cc2)O[C@@H]1c1ccc(CO)cc1. The first-order valence-corrected chi connectivity index (χ1v) is 20.2. The van der Waals surface area contributed by atoms with Crippen molar-refractivity contribution in [3.05, 3.63) is 186 Å². The van der Waals surface area contributed by atoms with Crippen LogP contribution in [0.4, 0.5) is 10.5 Å². The van der Waals surface area contributed by atoms with E-state index in [4.69, 9.17) is 23.6 Å². The van der Waals surface area contributed by atoms with E-state index in [-0.39, 0.29) is 30.8 Å². The molecule has 1 aliphatic rings. The highest BCUT2D eigenvalue weighted by atomic mass is 32.2. The van der Waals surface area contributed by atoms with E-state index < -0.39 is 6.29 Å². The number of nitrogens with one attached hydrogen (secondary N) is 2. The molecule has 2 amide bonds. The number of carbonyl (C=O) groups is 1. The maximum atomic E-state index is 12.8. The van der Waals surface area contributed by atoms with E-state index in [0.717, 1.165) is 50.6 Å². The molecule has 292 valence electrons. The molecule has 4 atom stereocenters. The topological polar surface area (TPSA) is 115 Å². The number of rotatable bonds is 13. The van der Waals surface area contributed by atoms with E-state index in [1.54, 1.807) is 12.1 Å². The van der Waals surface area contributed by atoms with Crippen molar-refractivity contribution < 1.29 is 28.5 Å². The Hall–Kier alpha value is -6.17. The van der Waals surface area contributed by atoms with Crippen molar-refractivity contribution in [3.63, 3.8) is 0 Å². The fraction of sp³-hybridized carbons (Fsp3) is 0.167. The van der Waals surface area contributed by atoms with Crippen LogP contribution in [0, 0.1) is 5.92 Å². The van der Waals surface area contributed by atoms with Gasteiger partial charge in [-0.25, -0.2) is 9.78 Å². The molecule has 0 saturated carbocycles. The number of anilines is 1. The van der Waals surface area contributed by atoms with Crippen LogP contribution in [0.1, 0.15) is 41.6 Å². The molecule has 1 fully saturated rings. The third kappa shape index (κ3) is 9.50. The molecule has 10 heteroatoms. The molecule has 1 saturated heterocycles. The molecule has 9 nitrogen and oxygen atoms in total. The monoisotopic (exact) mass is 789 g/mol. The van der Waals surface area contributed by atoms with Gasteiger partial charge in [-0.15, -0.1) is 0 Å². The zero-order valence-corrected chi connectivity index (χ0v) is 32.7.